The van der Waals surface area contributed by atoms with Gasteiger partial charge < -0.3 is 19.2 Å². The molecule has 38 heavy (non-hydrogen) atoms. The number of nitrogens with zero attached hydrogens (tertiary/aromatic N) is 4. The fraction of sp³-hybridized carbons (Fsp3) is 0.208. The molecule has 1 amide bonds. The van der Waals surface area contributed by atoms with Crippen molar-refractivity contribution >= 4 is 50.4 Å². The summed E-state index contributed by atoms with van der Waals surface area (Å²) >= 11 is 3.32. The maximum atomic E-state index is 12.4. The van der Waals surface area contributed by atoms with Crippen LogP contribution in [0.5, 0.6) is 5.88 Å². The highest BCUT2D eigenvalue weighted by Gasteiger charge is 2.24. The van der Waals surface area contributed by atoms with Gasteiger partial charge in [0.25, 0.3) is 5.69 Å². The number of carbonyl (C=O) groups excluding carboxylic acids is 2. The van der Waals surface area contributed by atoms with Gasteiger partial charge in [0.05, 0.1) is 40.4 Å². The van der Waals surface area contributed by atoms with Crippen LogP contribution in [-0.4, -0.2) is 50.1 Å². The summed E-state index contributed by atoms with van der Waals surface area (Å²) in [6.45, 7) is 3.48. The highest BCUT2D eigenvalue weighted by atomic mass is 79.9. The number of nitrogens with one attached hydrogen (secondary N) is 2. The van der Waals surface area contributed by atoms with Gasteiger partial charge in [-0.15, -0.1) is 0 Å². The van der Waals surface area contributed by atoms with Crippen LogP contribution in [0.3, 0.4) is 0 Å². The van der Waals surface area contributed by atoms with Crippen LogP contribution in [0.4, 0.5) is 16.2 Å². The van der Waals surface area contributed by atoms with Crippen molar-refractivity contribution in [2.24, 2.45) is 0 Å². The number of esters is 1. The van der Waals surface area contributed by atoms with Gasteiger partial charge in [-0.25, -0.2) is 24.5 Å². The average Bonchev–Trinajstić information content (AvgIpc) is 3.37. The number of hydrogen-bond acceptors (Lipinski definition) is 10. The van der Waals surface area contributed by atoms with E-state index in [0.717, 1.165) is 4.47 Å². The van der Waals surface area contributed by atoms with Crippen LogP contribution in [0.25, 0.3) is 22.4 Å². The molecule has 4 rings (SSSR count). The molecule has 0 radical (unpaired) electrons. The molecule has 2 aromatic heterocycles. The third-order valence-electron chi connectivity index (χ3n) is 5.02. The van der Waals surface area contributed by atoms with Gasteiger partial charge in [0.1, 0.15) is 12.4 Å². The van der Waals surface area contributed by atoms with Crippen molar-refractivity contribution in [3.05, 3.63) is 68.6 Å². The molecular weight excluding hydrogens is 564 g/mol. The number of rotatable bonds is 9. The number of imidazole rings is 1. The number of H-pyrrole nitrogens is 1. The number of anilines is 1. The zero-order valence-electron chi connectivity index (χ0n) is 20.2. The fourth-order valence-corrected chi connectivity index (χ4v) is 3.65. The smallest absolute Gasteiger partial charge is 0.412 e. The molecule has 0 spiro atoms. The van der Waals surface area contributed by atoms with Crippen LogP contribution in [0.2, 0.25) is 0 Å². The van der Waals surface area contributed by atoms with Crippen LogP contribution >= 0.6 is 15.9 Å². The number of nitro groups is 1. The molecule has 0 aliphatic rings. The lowest BCUT2D eigenvalue weighted by atomic mass is 10.1. The van der Waals surface area contributed by atoms with E-state index in [0.29, 0.717) is 11.4 Å². The molecule has 0 saturated heterocycles. The summed E-state index contributed by atoms with van der Waals surface area (Å²) in [5, 5.41) is 14.4. The van der Waals surface area contributed by atoms with E-state index >= 15 is 0 Å². The van der Waals surface area contributed by atoms with E-state index in [1.807, 2.05) is 0 Å². The van der Waals surface area contributed by atoms with E-state index < -0.39 is 17.0 Å². The first-order valence-corrected chi connectivity index (χ1v) is 12.1. The van der Waals surface area contributed by atoms with Gasteiger partial charge in [0.15, 0.2) is 0 Å². The Labute approximate surface area is 223 Å². The van der Waals surface area contributed by atoms with Crippen molar-refractivity contribution in [2.45, 2.75) is 20.5 Å². The number of carbonyl (C=O) groups is 2. The molecule has 2 N–H and O–H groups in total. The van der Waals surface area contributed by atoms with Crippen molar-refractivity contribution in [3.8, 4) is 17.3 Å². The number of benzene rings is 2. The Balaban J connectivity index is 1.61. The predicted molar refractivity (Wildman–Crippen MR) is 139 cm³/mol. The van der Waals surface area contributed by atoms with Crippen LogP contribution in [0, 0.1) is 10.1 Å². The van der Waals surface area contributed by atoms with Gasteiger partial charge in [0, 0.05) is 22.4 Å². The summed E-state index contributed by atoms with van der Waals surface area (Å²) in [7, 11) is 0. The Bertz CT molecular complexity index is 1510. The molecule has 13 nitrogen and oxygen atoms in total. The van der Waals surface area contributed by atoms with E-state index in [1.165, 1.54) is 18.3 Å². The summed E-state index contributed by atoms with van der Waals surface area (Å²) in [5.41, 5.74) is 0.867. The molecule has 0 aliphatic heterocycles. The monoisotopic (exact) mass is 584 g/mol. The van der Waals surface area contributed by atoms with Gasteiger partial charge in [0.2, 0.25) is 11.6 Å². The Kier molecular flexibility index (Phi) is 8.11. The zero-order valence-corrected chi connectivity index (χ0v) is 21.8. The van der Waals surface area contributed by atoms with E-state index in [-0.39, 0.29) is 59.5 Å². The number of hydrogen-bond donors (Lipinski definition) is 2. The second-order valence-electron chi connectivity index (χ2n) is 7.59. The molecule has 4 aromatic rings. The third kappa shape index (κ3) is 6.03. The highest BCUT2D eigenvalue weighted by molar-refractivity contribution is 9.10. The number of halogens is 1. The lowest BCUT2D eigenvalue weighted by molar-refractivity contribution is -0.384. The minimum absolute atomic E-state index is 0.0839. The Morgan fingerprint density at radius 3 is 2.47 bits per heavy atom. The normalized spacial score (nSPS) is 10.7. The molecule has 0 bridgehead atoms. The number of amides is 1. The van der Waals surface area contributed by atoms with E-state index in [9.17, 15) is 19.7 Å². The minimum atomic E-state index is -0.732. The predicted octanol–water partition coefficient (Wildman–Crippen LogP) is 5.01. The number of nitro benzene ring substituents is 1. The van der Waals surface area contributed by atoms with E-state index in [2.05, 4.69) is 41.2 Å². The summed E-state index contributed by atoms with van der Waals surface area (Å²) in [5.74, 6) is -0.678. The zero-order chi connectivity index (χ0) is 27.2. The molecule has 0 atom stereocenters. The third-order valence-corrected chi connectivity index (χ3v) is 5.55. The maximum Gasteiger partial charge on any atom is 0.412 e. The molecular formula is C24H21BrN6O7. The Hall–Kier alpha value is -4.59. The first kappa shape index (κ1) is 26.5. The van der Waals surface area contributed by atoms with Crippen molar-refractivity contribution in [2.75, 3.05) is 18.5 Å². The van der Waals surface area contributed by atoms with Crippen LogP contribution in [0.1, 0.15) is 30.0 Å². The lowest BCUT2D eigenvalue weighted by Crippen LogP contribution is -2.13. The molecule has 2 aromatic carbocycles. The summed E-state index contributed by atoms with van der Waals surface area (Å²) in [6.07, 6.45) is 0.768. The lowest BCUT2D eigenvalue weighted by Gasteiger charge is -2.10. The first-order valence-electron chi connectivity index (χ1n) is 11.3. The Morgan fingerprint density at radius 1 is 1.05 bits per heavy atom. The SMILES string of the molecule is CCOC(=O)c1nc2cc(-c3nc(COC(=O)Nc4ccc(Br)cc4)c[nH]3)c([N+](=O)[O-])cc2nc1OCC. The van der Waals surface area contributed by atoms with Gasteiger partial charge >= 0.3 is 12.1 Å². The fourth-order valence-electron chi connectivity index (χ4n) is 3.38. The number of aromatic nitrogens is 4. The average molecular weight is 585 g/mol. The standard InChI is InChI=1S/C24H21BrN6O7/c1-3-36-22-20(23(32)37-4-2)29-17-9-16(19(31(34)35)10-18(17)30-22)21-26-11-15(27-21)12-38-24(33)28-14-7-5-13(25)6-8-14/h5-11H,3-4,12H2,1-2H3,(H,26,27)(H,28,33). The molecule has 0 saturated carbocycles. The van der Waals surface area contributed by atoms with Crippen molar-refractivity contribution < 1.29 is 28.7 Å². The summed E-state index contributed by atoms with van der Waals surface area (Å²) in [6, 6.07) is 9.55. The largest absolute Gasteiger partial charge is 0.476 e. The van der Waals surface area contributed by atoms with E-state index in [4.69, 9.17) is 14.2 Å². The van der Waals surface area contributed by atoms with Gasteiger partial charge in [-0.1, -0.05) is 15.9 Å². The van der Waals surface area contributed by atoms with Crippen LogP contribution in [0.15, 0.2) is 47.1 Å². The van der Waals surface area contributed by atoms with Crippen LogP contribution in [-0.2, 0) is 16.1 Å². The molecule has 0 unspecified atom stereocenters. The van der Waals surface area contributed by atoms with Crippen LogP contribution < -0.4 is 10.1 Å². The number of ether oxygens (including phenoxy) is 3. The highest BCUT2D eigenvalue weighted by Crippen LogP contribution is 2.33. The molecule has 196 valence electrons. The number of fused-ring (bicyclic) bond motifs is 1. The molecule has 0 fully saturated rings. The number of aromatic amines is 1. The quantitative estimate of drug-likeness (QED) is 0.154. The maximum absolute atomic E-state index is 12.4. The van der Waals surface area contributed by atoms with Gasteiger partial charge in [-0.3, -0.25) is 15.4 Å². The Morgan fingerprint density at radius 2 is 1.79 bits per heavy atom. The molecule has 14 heteroatoms. The second-order valence-corrected chi connectivity index (χ2v) is 8.51. The van der Waals surface area contributed by atoms with Crippen molar-refractivity contribution in [3.63, 3.8) is 0 Å². The van der Waals surface area contributed by atoms with Crippen molar-refractivity contribution in [1.82, 2.24) is 19.9 Å². The van der Waals surface area contributed by atoms with Gasteiger partial charge in [-0.2, -0.15) is 0 Å². The van der Waals surface area contributed by atoms with Gasteiger partial charge in [-0.05, 0) is 44.2 Å². The van der Waals surface area contributed by atoms with E-state index in [1.54, 1.807) is 38.1 Å². The van der Waals surface area contributed by atoms with Crippen molar-refractivity contribution in [1.29, 1.82) is 0 Å². The second kappa shape index (κ2) is 11.6. The minimum Gasteiger partial charge on any atom is -0.476 e. The topological polar surface area (TPSA) is 171 Å². The molecule has 2 heterocycles. The first-order chi connectivity index (χ1) is 18.3. The summed E-state index contributed by atoms with van der Waals surface area (Å²) < 4.78 is 16.5. The summed E-state index contributed by atoms with van der Waals surface area (Å²) in [4.78, 5) is 51.5. The molecule has 0 aliphatic carbocycles.